The average Bonchev–Trinajstić information content (AvgIpc) is 2.98. The highest BCUT2D eigenvalue weighted by Crippen LogP contribution is 2.18. The smallest absolute Gasteiger partial charge is 0.295 e. The van der Waals surface area contributed by atoms with Gasteiger partial charge in [0.05, 0.1) is 23.9 Å². The number of carbonyl (C=O) groups is 1. The summed E-state index contributed by atoms with van der Waals surface area (Å²) in [5.74, 6) is -0.203. The Morgan fingerprint density at radius 3 is 2.33 bits per heavy atom. The van der Waals surface area contributed by atoms with E-state index in [0.29, 0.717) is 5.69 Å². The van der Waals surface area contributed by atoms with Crippen molar-refractivity contribution in [2.24, 2.45) is 7.05 Å². The minimum Gasteiger partial charge on any atom is -0.368 e. The number of carbonyl (C=O) groups excluding carboxylic acids is 1. The molecular weight excluding hydrogens is 378 g/mol. The van der Waals surface area contributed by atoms with Crippen molar-refractivity contribution in [2.75, 3.05) is 16.8 Å². The Kier molecular flexibility index (Phi) is 6.38. The fourth-order valence-corrected chi connectivity index (χ4v) is 3.38. The first kappa shape index (κ1) is 20.9. The Morgan fingerprint density at radius 1 is 1.13 bits per heavy atom. The highest BCUT2D eigenvalue weighted by Gasteiger charge is 2.25. The number of para-hydroxylation sites is 2. The monoisotopic (exact) mass is 403 g/mol. The SMILES string of the molecule is Cc1c(NC(C)C(=O)N(CCC#N)c2ccccc2)c(=O)n(-c2ccccc2)n1C. The van der Waals surface area contributed by atoms with E-state index < -0.39 is 6.04 Å². The number of nitrogens with zero attached hydrogens (tertiary/aromatic N) is 4. The van der Waals surface area contributed by atoms with Gasteiger partial charge in [-0.15, -0.1) is 0 Å². The van der Waals surface area contributed by atoms with E-state index in [9.17, 15) is 9.59 Å². The quantitative estimate of drug-likeness (QED) is 0.657. The fraction of sp³-hybridized carbons (Fsp3) is 0.261. The topological polar surface area (TPSA) is 83.1 Å². The van der Waals surface area contributed by atoms with Gasteiger partial charge in [0.25, 0.3) is 5.56 Å². The third-order valence-corrected chi connectivity index (χ3v) is 5.07. The van der Waals surface area contributed by atoms with Gasteiger partial charge in [-0.2, -0.15) is 5.26 Å². The number of benzene rings is 2. The molecule has 3 aromatic rings. The van der Waals surface area contributed by atoms with Crippen LogP contribution in [0.25, 0.3) is 5.69 Å². The van der Waals surface area contributed by atoms with Gasteiger partial charge in [-0.3, -0.25) is 14.3 Å². The number of anilines is 2. The number of nitriles is 1. The highest BCUT2D eigenvalue weighted by molar-refractivity contribution is 5.98. The molecule has 0 aliphatic heterocycles. The van der Waals surface area contributed by atoms with E-state index in [-0.39, 0.29) is 24.4 Å². The predicted octanol–water partition coefficient (Wildman–Crippen LogP) is 3.23. The summed E-state index contributed by atoms with van der Waals surface area (Å²) in [4.78, 5) is 27.8. The average molecular weight is 403 g/mol. The highest BCUT2D eigenvalue weighted by atomic mass is 16.2. The number of hydrogen-bond donors (Lipinski definition) is 1. The van der Waals surface area contributed by atoms with Crippen molar-refractivity contribution in [3.8, 4) is 11.8 Å². The van der Waals surface area contributed by atoms with Crippen molar-refractivity contribution in [2.45, 2.75) is 26.3 Å². The van der Waals surface area contributed by atoms with E-state index in [4.69, 9.17) is 5.26 Å². The van der Waals surface area contributed by atoms with Gasteiger partial charge < -0.3 is 10.2 Å². The molecule has 1 atom stereocenters. The number of amides is 1. The van der Waals surface area contributed by atoms with Gasteiger partial charge in [-0.05, 0) is 38.1 Å². The second-order valence-corrected chi connectivity index (χ2v) is 7.04. The summed E-state index contributed by atoms with van der Waals surface area (Å²) in [5.41, 5.74) is 2.37. The van der Waals surface area contributed by atoms with E-state index in [2.05, 4.69) is 11.4 Å². The first-order chi connectivity index (χ1) is 14.5. The van der Waals surface area contributed by atoms with Gasteiger partial charge in [-0.25, -0.2) is 4.68 Å². The number of aromatic nitrogens is 2. The molecule has 0 bridgehead atoms. The van der Waals surface area contributed by atoms with Crippen molar-refractivity contribution in [3.63, 3.8) is 0 Å². The molecule has 7 nitrogen and oxygen atoms in total. The van der Waals surface area contributed by atoms with Crippen molar-refractivity contribution in [3.05, 3.63) is 76.7 Å². The Balaban J connectivity index is 1.90. The molecule has 1 unspecified atom stereocenters. The van der Waals surface area contributed by atoms with Crippen molar-refractivity contribution >= 4 is 17.3 Å². The lowest BCUT2D eigenvalue weighted by atomic mass is 10.2. The van der Waals surface area contributed by atoms with Crippen molar-refractivity contribution in [1.29, 1.82) is 5.26 Å². The lowest BCUT2D eigenvalue weighted by Crippen LogP contribution is -2.42. The molecule has 7 heteroatoms. The minimum absolute atomic E-state index is 0.203. The maximum Gasteiger partial charge on any atom is 0.295 e. The molecule has 154 valence electrons. The van der Waals surface area contributed by atoms with Crippen LogP contribution >= 0.6 is 0 Å². The zero-order valence-corrected chi connectivity index (χ0v) is 17.4. The van der Waals surface area contributed by atoms with Crippen LogP contribution in [0.1, 0.15) is 19.0 Å². The van der Waals surface area contributed by atoms with Crippen LogP contribution in [0.2, 0.25) is 0 Å². The predicted molar refractivity (Wildman–Crippen MR) is 118 cm³/mol. The van der Waals surface area contributed by atoms with Crippen LogP contribution in [0.3, 0.4) is 0 Å². The molecule has 0 aliphatic carbocycles. The normalized spacial score (nSPS) is 11.5. The first-order valence-electron chi connectivity index (χ1n) is 9.79. The van der Waals surface area contributed by atoms with Crippen molar-refractivity contribution in [1.82, 2.24) is 9.36 Å². The molecule has 0 aliphatic rings. The zero-order valence-electron chi connectivity index (χ0n) is 17.4. The second kappa shape index (κ2) is 9.14. The third-order valence-electron chi connectivity index (χ3n) is 5.07. The van der Waals surface area contributed by atoms with Gasteiger partial charge in [0.1, 0.15) is 11.7 Å². The third kappa shape index (κ3) is 4.13. The maximum absolute atomic E-state index is 13.2. The Bertz CT molecular complexity index is 1110. The molecule has 0 fully saturated rings. The number of rotatable bonds is 7. The van der Waals surface area contributed by atoms with Crippen LogP contribution in [0.4, 0.5) is 11.4 Å². The van der Waals surface area contributed by atoms with E-state index >= 15 is 0 Å². The first-order valence-corrected chi connectivity index (χ1v) is 9.79. The summed E-state index contributed by atoms with van der Waals surface area (Å²) in [7, 11) is 1.81. The summed E-state index contributed by atoms with van der Waals surface area (Å²) in [6.45, 7) is 3.85. The standard InChI is InChI=1S/C23H25N5O2/c1-17(22(29)27(16-10-15-24)19-11-6-4-7-12-19)25-21-18(2)26(3)28(23(21)30)20-13-8-5-9-14-20/h4-9,11-14,17,25H,10,16H2,1-3H3. The lowest BCUT2D eigenvalue weighted by Gasteiger charge is -2.25. The molecule has 0 saturated heterocycles. The van der Waals surface area contributed by atoms with Gasteiger partial charge in [0.15, 0.2) is 0 Å². The largest absolute Gasteiger partial charge is 0.368 e. The van der Waals surface area contributed by atoms with Gasteiger partial charge in [0.2, 0.25) is 5.91 Å². The second-order valence-electron chi connectivity index (χ2n) is 7.04. The maximum atomic E-state index is 13.2. The van der Waals surface area contributed by atoms with E-state index in [1.54, 1.807) is 21.2 Å². The molecular formula is C23H25N5O2. The molecule has 1 heterocycles. The lowest BCUT2D eigenvalue weighted by molar-refractivity contribution is -0.119. The van der Waals surface area contributed by atoms with Crippen molar-refractivity contribution < 1.29 is 4.79 Å². The molecule has 0 spiro atoms. The summed E-state index contributed by atoms with van der Waals surface area (Å²) in [6, 6.07) is 20.0. The summed E-state index contributed by atoms with van der Waals surface area (Å²) >= 11 is 0. The molecule has 0 saturated carbocycles. The van der Waals surface area contributed by atoms with Crippen LogP contribution in [0, 0.1) is 18.3 Å². The number of nitrogens with one attached hydrogen (secondary N) is 1. The van der Waals surface area contributed by atoms with E-state index in [1.807, 2.05) is 74.6 Å². The Labute approximate surface area is 175 Å². The van der Waals surface area contributed by atoms with Crippen LogP contribution in [0.15, 0.2) is 65.5 Å². The summed E-state index contributed by atoms with van der Waals surface area (Å²) in [5, 5.41) is 12.1. The minimum atomic E-state index is -0.651. The van der Waals surface area contributed by atoms with Crippen LogP contribution in [0.5, 0.6) is 0 Å². The number of hydrogen-bond acceptors (Lipinski definition) is 4. The Hall–Kier alpha value is -3.79. The van der Waals surface area contributed by atoms with E-state index in [0.717, 1.165) is 17.1 Å². The summed E-state index contributed by atoms with van der Waals surface area (Å²) < 4.78 is 3.33. The van der Waals surface area contributed by atoms with Crippen LogP contribution in [-0.4, -0.2) is 27.9 Å². The molecule has 1 amide bonds. The zero-order chi connectivity index (χ0) is 21.7. The molecule has 1 N–H and O–H groups in total. The fourth-order valence-electron chi connectivity index (χ4n) is 3.38. The molecule has 2 aromatic carbocycles. The molecule has 30 heavy (non-hydrogen) atoms. The van der Waals surface area contributed by atoms with Gasteiger partial charge in [0, 0.05) is 19.3 Å². The molecule has 0 radical (unpaired) electrons. The Morgan fingerprint density at radius 2 is 1.73 bits per heavy atom. The van der Waals surface area contributed by atoms with Crippen LogP contribution in [-0.2, 0) is 11.8 Å². The van der Waals surface area contributed by atoms with Gasteiger partial charge in [-0.1, -0.05) is 36.4 Å². The van der Waals surface area contributed by atoms with Crippen LogP contribution < -0.4 is 15.8 Å². The van der Waals surface area contributed by atoms with Gasteiger partial charge >= 0.3 is 0 Å². The van der Waals surface area contributed by atoms with E-state index in [1.165, 1.54) is 0 Å². The molecule has 1 aromatic heterocycles. The molecule has 3 rings (SSSR count). The summed E-state index contributed by atoms with van der Waals surface area (Å²) in [6.07, 6.45) is 0.221.